The third-order valence-corrected chi connectivity index (χ3v) is 2.31. The van der Waals surface area contributed by atoms with Gasteiger partial charge in [-0.3, -0.25) is 0 Å². The van der Waals surface area contributed by atoms with Crippen LogP contribution in [-0.2, 0) is 0 Å². The van der Waals surface area contributed by atoms with E-state index in [2.05, 4.69) is 0 Å². The van der Waals surface area contributed by atoms with Gasteiger partial charge >= 0.3 is 0 Å². The van der Waals surface area contributed by atoms with Gasteiger partial charge in [0.2, 0.25) is 0 Å². The van der Waals surface area contributed by atoms with Crippen LogP contribution in [0.3, 0.4) is 0 Å². The SMILES string of the molecule is CC(C)N(CCO)c1cc(F)cc(C#N)c1. The molecule has 86 valence electrons. The van der Waals surface area contributed by atoms with Crippen molar-refractivity contribution in [1.29, 1.82) is 5.26 Å². The van der Waals surface area contributed by atoms with Crippen LogP contribution in [0.5, 0.6) is 0 Å². The molecule has 4 heteroatoms. The average molecular weight is 222 g/mol. The zero-order chi connectivity index (χ0) is 12.1. The second-order valence-electron chi connectivity index (χ2n) is 3.82. The molecule has 1 aromatic rings. The minimum Gasteiger partial charge on any atom is -0.395 e. The van der Waals surface area contributed by atoms with Crippen LogP contribution in [0.25, 0.3) is 0 Å². The monoisotopic (exact) mass is 222 g/mol. The number of hydrogen-bond acceptors (Lipinski definition) is 3. The summed E-state index contributed by atoms with van der Waals surface area (Å²) in [5, 5.41) is 17.7. The van der Waals surface area contributed by atoms with Crippen LogP contribution < -0.4 is 4.90 Å². The van der Waals surface area contributed by atoms with Gasteiger partial charge in [-0.1, -0.05) is 0 Å². The van der Waals surface area contributed by atoms with Crippen molar-refractivity contribution < 1.29 is 9.50 Å². The molecule has 1 aromatic carbocycles. The molecule has 0 atom stereocenters. The summed E-state index contributed by atoms with van der Waals surface area (Å²) in [4.78, 5) is 1.85. The topological polar surface area (TPSA) is 47.3 Å². The zero-order valence-electron chi connectivity index (χ0n) is 9.44. The molecule has 0 aliphatic rings. The number of hydrogen-bond donors (Lipinski definition) is 1. The summed E-state index contributed by atoms with van der Waals surface area (Å²) in [5.41, 5.74) is 0.916. The van der Waals surface area contributed by atoms with Crippen molar-refractivity contribution in [2.24, 2.45) is 0 Å². The van der Waals surface area contributed by atoms with Crippen molar-refractivity contribution in [3.8, 4) is 6.07 Å². The molecule has 3 nitrogen and oxygen atoms in total. The Labute approximate surface area is 94.7 Å². The van der Waals surface area contributed by atoms with Crippen LogP contribution >= 0.6 is 0 Å². The van der Waals surface area contributed by atoms with Gasteiger partial charge in [0, 0.05) is 18.3 Å². The van der Waals surface area contributed by atoms with E-state index in [1.54, 1.807) is 6.07 Å². The summed E-state index contributed by atoms with van der Waals surface area (Å²) in [6.07, 6.45) is 0. The molecule has 0 fully saturated rings. The van der Waals surface area contributed by atoms with Crippen molar-refractivity contribution in [3.63, 3.8) is 0 Å². The molecule has 0 aromatic heterocycles. The molecule has 0 spiro atoms. The Balaban J connectivity index is 3.09. The normalized spacial score (nSPS) is 10.2. The van der Waals surface area contributed by atoms with E-state index < -0.39 is 5.82 Å². The fourth-order valence-electron chi connectivity index (χ4n) is 1.60. The first kappa shape index (κ1) is 12.5. The molecule has 0 radical (unpaired) electrons. The number of anilines is 1. The minimum absolute atomic E-state index is 0.00339. The number of rotatable bonds is 4. The fourth-order valence-corrected chi connectivity index (χ4v) is 1.60. The molecule has 0 heterocycles. The summed E-state index contributed by atoms with van der Waals surface area (Å²) in [6.45, 7) is 4.32. The molecular formula is C12H15FN2O. The maximum absolute atomic E-state index is 13.2. The number of nitriles is 1. The van der Waals surface area contributed by atoms with Gasteiger partial charge in [0.15, 0.2) is 0 Å². The van der Waals surface area contributed by atoms with Crippen LogP contribution in [0.1, 0.15) is 19.4 Å². The van der Waals surface area contributed by atoms with E-state index in [-0.39, 0.29) is 12.6 Å². The predicted octanol–water partition coefficient (Wildman–Crippen LogP) is 1.90. The van der Waals surface area contributed by atoms with Crippen molar-refractivity contribution in [2.75, 3.05) is 18.1 Å². The van der Waals surface area contributed by atoms with Gasteiger partial charge in [0.05, 0.1) is 18.2 Å². The highest BCUT2D eigenvalue weighted by molar-refractivity contribution is 5.52. The number of halogens is 1. The van der Waals surface area contributed by atoms with E-state index in [4.69, 9.17) is 10.4 Å². The summed E-state index contributed by atoms with van der Waals surface area (Å²) in [5.74, 6) is -0.433. The van der Waals surface area contributed by atoms with Gasteiger partial charge in [-0.25, -0.2) is 4.39 Å². The fraction of sp³-hybridized carbons (Fsp3) is 0.417. The molecule has 0 amide bonds. The van der Waals surface area contributed by atoms with Crippen LogP contribution in [0, 0.1) is 17.1 Å². The quantitative estimate of drug-likeness (QED) is 0.846. The number of aliphatic hydroxyl groups excluding tert-OH is 1. The lowest BCUT2D eigenvalue weighted by atomic mass is 10.1. The van der Waals surface area contributed by atoms with Gasteiger partial charge in [-0.05, 0) is 32.0 Å². The molecule has 0 bridgehead atoms. The van der Waals surface area contributed by atoms with Gasteiger partial charge in [-0.2, -0.15) is 5.26 Å². The lowest BCUT2D eigenvalue weighted by molar-refractivity contribution is 0.299. The molecule has 0 unspecified atom stereocenters. The summed E-state index contributed by atoms with van der Waals surface area (Å²) >= 11 is 0. The number of benzene rings is 1. The van der Waals surface area contributed by atoms with E-state index >= 15 is 0 Å². The first-order chi connectivity index (χ1) is 7.58. The molecule has 16 heavy (non-hydrogen) atoms. The molecule has 0 saturated carbocycles. The van der Waals surface area contributed by atoms with Crippen molar-refractivity contribution in [1.82, 2.24) is 0 Å². The Hall–Kier alpha value is -1.60. The Morgan fingerprint density at radius 2 is 2.12 bits per heavy atom. The zero-order valence-corrected chi connectivity index (χ0v) is 9.44. The predicted molar refractivity (Wildman–Crippen MR) is 60.7 cm³/mol. The summed E-state index contributed by atoms with van der Waals surface area (Å²) < 4.78 is 13.2. The highest BCUT2D eigenvalue weighted by atomic mass is 19.1. The van der Waals surface area contributed by atoms with Gasteiger partial charge in [0.25, 0.3) is 0 Å². The molecule has 1 N–H and O–H groups in total. The maximum atomic E-state index is 13.2. The van der Waals surface area contributed by atoms with E-state index in [0.717, 1.165) is 0 Å². The van der Waals surface area contributed by atoms with E-state index in [9.17, 15) is 4.39 Å². The molecular weight excluding hydrogens is 207 g/mol. The van der Waals surface area contributed by atoms with Gasteiger partial charge in [0.1, 0.15) is 5.82 Å². The Bertz CT molecular complexity index is 398. The second-order valence-corrected chi connectivity index (χ2v) is 3.82. The lowest BCUT2D eigenvalue weighted by Gasteiger charge is -2.28. The van der Waals surface area contributed by atoms with Crippen molar-refractivity contribution >= 4 is 5.69 Å². The maximum Gasteiger partial charge on any atom is 0.126 e. The largest absolute Gasteiger partial charge is 0.395 e. The highest BCUT2D eigenvalue weighted by Crippen LogP contribution is 2.20. The molecule has 1 rings (SSSR count). The van der Waals surface area contributed by atoms with E-state index in [1.165, 1.54) is 12.1 Å². The van der Waals surface area contributed by atoms with E-state index in [1.807, 2.05) is 24.8 Å². The van der Waals surface area contributed by atoms with Crippen LogP contribution in [-0.4, -0.2) is 24.3 Å². The number of nitrogens with zero attached hydrogens (tertiary/aromatic N) is 2. The van der Waals surface area contributed by atoms with Gasteiger partial charge < -0.3 is 10.0 Å². The Morgan fingerprint density at radius 1 is 1.44 bits per heavy atom. The van der Waals surface area contributed by atoms with E-state index in [0.29, 0.717) is 17.8 Å². The van der Waals surface area contributed by atoms with Crippen LogP contribution in [0.2, 0.25) is 0 Å². The molecule has 0 aliphatic heterocycles. The summed E-state index contributed by atoms with van der Waals surface area (Å²) in [7, 11) is 0. The molecule has 0 saturated heterocycles. The van der Waals surface area contributed by atoms with Crippen LogP contribution in [0.15, 0.2) is 18.2 Å². The Morgan fingerprint density at radius 3 is 2.62 bits per heavy atom. The summed E-state index contributed by atoms with van der Waals surface area (Å²) in [6, 6.07) is 6.24. The highest BCUT2D eigenvalue weighted by Gasteiger charge is 2.11. The van der Waals surface area contributed by atoms with Crippen LogP contribution in [0.4, 0.5) is 10.1 Å². The van der Waals surface area contributed by atoms with Crippen molar-refractivity contribution in [2.45, 2.75) is 19.9 Å². The standard InChI is InChI=1S/C12H15FN2O/c1-9(2)15(3-4-16)12-6-10(8-14)5-11(13)7-12/h5-7,9,16H,3-4H2,1-2H3. The molecule has 0 aliphatic carbocycles. The first-order valence-electron chi connectivity index (χ1n) is 5.16. The third kappa shape index (κ3) is 2.94. The minimum atomic E-state index is -0.433. The smallest absolute Gasteiger partial charge is 0.126 e. The van der Waals surface area contributed by atoms with Crippen molar-refractivity contribution in [3.05, 3.63) is 29.6 Å². The second kappa shape index (κ2) is 5.47. The first-order valence-corrected chi connectivity index (χ1v) is 5.16. The van der Waals surface area contributed by atoms with Gasteiger partial charge in [-0.15, -0.1) is 0 Å². The average Bonchev–Trinajstić information content (AvgIpc) is 2.24. The Kier molecular flexibility index (Phi) is 4.27. The third-order valence-electron chi connectivity index (χ3n) is 2.31. The number of aliphatic hydroxyl groups is 1. The lowest BCUT2D eigenvalue weighted by Crippen LogP contribution is -2.33.